The minimum atomic E-state index is 0.282. The van der Waals surface area contributed by atoms with E-state index >= 15 is 0 Å². The van der Waals surface area contributed by atoms with E-state index in [0.717, 1.165) is 12.2 Å². The standard InChI is InChI=1S/C12H15ClO2/c1-2-11(14)6-4-8-15-12-7-3-5-10(13)9-12/h3,5,7,9H,2,4,6,8H2,1H3. The molecular weight excluding hydrogens is 212 g/mol. The Labute approximate surface area is 95.2 Å². The summed E-state index contributed by atoms with van der Waals surface area (Å²) in [5.74, 6) is 1.04. The zero-order chi connectivity index (χ0) is 11.1. The van der Waals surface area contributed by atoms with Crippen LogP contribution in [0.15, 0.2) is 24.3 Å². The summed E-state index contributed by atoms with van der Waals surface area (Å²) in [6.07, 6.45) is 1.97. The predicted molar refractivity (Wildman–Crippen MR) is 61.5 cm³/mol. The van der Waals surface area contributed by atoms with Gasteiger partial charge in [-0.05, 0) is 24.6 Å². The van der Waals surface area contributed by atoms with Gasteiger partial charge in [0, 0.05) is 17.9 Å². The fraction of sp³-hybridized carbons (Fsp3) is 0.417. The highest BCUT2D eigenvalue weighted by molar-refractivity contribution is 6.30. The fourth-order valence-corrected chi connectivity index (χ4v) is 1.37. The van der Waals surface area contributed by atoms with E-state index in [4.69, 9.17) is 16.3 Å². The summed E-state index contributed by atoms with van der Waals surface area (Å²) in [4.78, 5) is 11.0. The van der Waals surface area contributed by atoms with Crippen LogP contribution >= 0.6 is 11.6 Å². The molecule has 0 aliphatic carbocycles. The first kappa shape index (κ1) is 12.1. The summed E-state index contributed by atoms with van der Waals surface area (Å²) >= 11 is 5.80. The van der Waals surface area contributed by atoms with E-state index in [-0.39, 0.29) is 5.78 Å². The molecule has 0 heterocycles. The number of benzene rings is 1. The van der Waals surface area contributed by atoms with Crippen molar-refractivity contribution in [2.75, 3.05) is 6.61 Å². The maximum absolute atomic E-state index is 11.0. The van der Waals surface area contributed by atoms with Gasteiger partial charge in [-0.25, -0.2) is 0 Å². The molecule has 0 N–H and O–H groups in total. The topological polar surface area (TPSA) is 26.3 Å². The van der Waals surface area contributed by atoms with E-state index in [1.165, 1.54) is 0 Å². The van der Waals surface area contributed by atoms with Gasteiger partial charge in [0.15, 0.2) is 0 Å². The Bertz CT molecular complexity index is 323. The quantitative estimate of drug-likeness (QED) is 0.695. The molecule has 0 atom stereocenters. The average Bonchev–Trinajstić information content (AvgIpc) is 2.24. The molecule has 0 aliphatic rings. The van der Waals surface area contributed by atoms with E-state index in [0.29, 0.717) is 24.5 Å². The molecule has 0 spiro atoms. The van der Waals surface area contributed by atoms with Gasteiger partial charge in [0.25, 0.3) is 0 Å². The van der Waals surface area contributed by atoms with Crippen LogP contribution in [0.5, 0.6) is 5.75 Å². The molecular formula is C12H15ClO2. The molecule has 0 aliphatic heterocycles. The molecule has 0 amide bonds. The van der Waals surface area contributed by atoms with Gasteiger partial charge in [0.05, 0.1) is 6.61 Å². The molecule has 15 heavy (non-hydrogen) atoms. The van der Waals surface area contributed by atoms with Gasteiger partial charge < -0.3 is 4.74 Å². The summed E-state index contributed by atoms with van der Waals surface area (Å²) in [6, 6.07) is 7.26. The Morgan fingerprint density at radius 1 is 1.47 bits per heavy atom. The lowest BCUT2D eigenvalue weighted by Gasteiger charge is -2.05. The SMILES string of the molecule is CCC(=O)CCCOc1cccc(Cl)c1. The monoisotopic (exact) mass is 226 g/mol. The van der Waals surface area contributed by atoms with Crippen LogP contribution in [0.1, 0.15) is 26.2 Å². The van der Waals surface area contributed by atoms with E-state index in [1.54, 1.807) is 12.1 Å². The number of rotatable bonds is 6. The lowest BCUT2D eigenvalue weighted by atomic mass is 10.2. The van der Waals surface area contributed by atoms with Gasteiger partial charge in [-0.3, -0.25) is 4.79 Å². The maximum atomic E-state index is 11.0. The Morgan fingerprint density at radius 2 is 2.27 bits per heavy atom. The van der Waals surface area contributed by atoms with Crippen molar-refractivity contribution in [1.82, 2.24) is 0 Å². The first-order valence-electron chi connectivity index (χ1n) is 5.12. The van der Waals surface area contributed by atoms with Gasteiger partial charge in [0.2, 0.25) is 0 Å². The molecule has 1 aromatic rings. The second-order valence-corrected chi connectivity index (χ2v) is 3.74. The Kier molecular flexibility index (Phi) is 5.19. The lowest BCUT2D eigenvalue weighted by molar-refractivity contribution is -0.118. The van der Waals surface area contributed by atoms with Crippen molar-refractivity contribution in [1.29, 1.82) is 0 Å². The fourth-order valence-electron chi connectivity index (χ4n) is 1.19. The van der Waals surface area contributed by atoms with E-state index in [1.807, 2.05) is 19.1 Å². The highest BCUT2D eigenvalue weighted by atomic mass is 35.5. The number of carbonyl (C=O) groups excluding carboxylic acids is 1. The van der Waals surface area contributed by atoms with E-state index < -0.39 is 0 Å². The second-order valence-electron chi connectivity index (χ2n) is 3.30. The molecule has 3 heteroatoms. The molecule has 0 radical (unpaired) electrons. The van der Waals surface area contributed by atoms with E-state index in [2.05, 4.69) is 0 Å². The number of hydrogen-bond donors (Lipinski definition) is 0. The first-order chi connectivity index (χ1) is 7.22. The molecule has 0 saturated carbocycles. The predicted octanol–water partition coefficient (Wildman–Crippen LogP) is 3.48. The minimum absolute atomic E-state index is 0.282. The molecule has 0 fully saturated rings. The summed E-state index contributed by atoms with van der Waals surface area (Å²) in [5, 5.41) is 0.664. The van der Waals surface area contributed by atoms with E-state index in [9.17, 15) is 4.79 Å². The summed E-state index contributed by atoms with van der Waals surface area (Å²) in [5.41, 5.74) is 0. The van der Waals surface area contributed by atoms with Crippen LogP contribution in [0.2, 0.25) is 5.02 Å². The van der Waals surface area contributed by atoms with Gasteiger partial charge >= 0.3 is 0 Å². The highest BCUT2D eigenvalue weighted by Crippen LogP contribution is 2.17. The minimum Gasteiger partial charge on any atom is -0.494 e. The average molecular weight is 227 g/mol. The lowest BCUT2D eigenvalue weighted by Crippen LogP contribution is -2.02. The van der Waals surface area contributed by atoms with Crippen LogP contribution in [-0.4, -0.2) is 12.4 Å². The third-order valence-corrected chi connectivity index (χ3v) is 2.29. The molecule has 0 unspecified atom stereocenters. The maximum Gasteiger partial charge on any atom is 0.132 e. The number of hydrogen-bond acceptors (Lipinski definition) is 2. The Morgan fingerprint density at radius 3 is 2.93 bits per heavy atom. The highest BCUT2D eigenvalue weighted by Gasteiger charge is 1.99. The van der Waals surface area contributed by atoms with Crippen LogP contribution in [0.3, 0.4) is 0 Å². The number of carbonyl (C=O) groups is 1. The number of halogens is 1. The van der Waals surface area contributed by atoms with Crippen molar-refractivity contribution < 1.29 is 9.53 Å². The van der Waals surface area contributed by atoms with Crippen molar-refractivity contribution in [2.45, 2.75) is 26.2 Å². The molecule has 1 aromatic carbocycles. The van der Waals surface area contributed by atoms with Gasteiger partial charge in [-0.1, -0.05) is 24.6 Å². The van der Waals surface area contributed by atoms with Gasteiger partial charge in [0.1, 0.15) is 11.5 Å². The molecule has 0 aromatic heterocycles. The third-order valence-electron chi connectivity index (χ3n) is 2.06. The van der Waals surface area contributed by atoms with Crippen molar-refractivity contribution >= 4 is 17.4 Å². The molecule has 1 rings (SSSR count). The summed E-state index contributed by atoms with van der Waals surface area (Å²) < 4.78 is 5.45. The van der Waals surface area contributed by atoms with Crippen molar-refractivity contribution in [3.8, 4) is 5.75 Å². The largest absolute Gasteiger partial charge is 0.494 e. The normalized spacial score (nSPS) is 10.0. The third kappa shape index (κ3) is 4.84. The van der Waals surface area contributed by atoms with Crippen LogP contribution in [0.4, 0.5) is 0 Å². The molecule has 82 valence electrons. The van der Waals surface area contributed by atoms with Crippen LogP contribution < -0.4 is 4.74 Å². The van der Waals surface area contributed by atoms with Gasteiger partial charge in [-0.15, -0.1) is 0 Å². The number of ketones is 1. The smallest absolute Gasteiger partial charge is 0.132 e. The zero-order valence-electron chi connectivity index (χ0n) is 8.83. The van der Waals surface area contributed by atoms with Gasteiger partial charge in [-0.2, -0.15) is 0 Å². The van der Waals surface area contributed by atoms with Crippen molar-refractivity contribution in [3.63, 3.8) is 0 Å². The number of Topliss-reactive ketones (excluding diaryl/α,β-unsaturated/α-hetero) is 1. The summed E-state index contributed by atoms with van der Waals surface area (Å²) in [6.45, 7) is 2.44. The molecule has 2 nitrogen and oxygen atoms in total. The zero-order valence-corrected chi connectivity index (χ0v) is 9.59. The summed E-state index contributed by atoms with van der Waals surface area (Å²) in [7, 11) is 0. The second kappa shape index (κ2) is 6.46. The van der Waals surface area contributed by atoms with Crippen LogP contribution in [0.25, 0.3) is 0 Å². The Balaban J connectivity index is 2.23. The van der Waals surface area contributed by atoms with Crippen molar-refractivity contribution in [3.05, 3.63) is 29.3 Å². The van der Waals surface area contributed by atoms with Crippen molar-refractivity contribution in [2.24, 2.45) is 0 Å². The molecule has 0 saturated heterocycles. The van der Waals surface area contributed by atoms with Crippen LogP contribution in [0, 0.1) is 0 Å². The van der Waals surface area contributed by atoms with Crippen LogP contribution in [-0.2, 0) is 4.79 Å². The molecule has 0 bridgehead atoms. The Hall–Kier alpha value is -1.02. The number of ether oxygens (including phenoxy) is 1. The first-order valence-corrected chi connectivity index (χ1v) is 5.50.